The fraction of sp³-hybridized carbons (Fsp3) is 0.688. The first-order chi connectivity index (χ1) is 9.63. The van der Waals surface area contributed by atoms with E-state index in [-0.39, 0.29) is 5.38 Å². The molecular weight excluding hydrogens is 272 g/mol. The van der Waals surface area contributed by atoms with E-state index in [1.165, 1.54) is 19.3 Å². The molecule has 0 aromatic carbocycles. The molecule has 1 aromatic heterocycles. The van der Waals surface area contributed by atoms with E-state index in [0.29, 0.717) is 6.04 Å². The number of rotatable bonds is 4. The number of methoxy groups -OCH3 is 1. The van der Waals surface area contributed by atoms with Crippen LogP contribution in [0.3, 0.4) is 0 Å². The lowest BCUT2D eigenvalue weighted by Gasteiger charge is -2.22. The molecule has 0 aliphatic heterocycles. The van der Waals surface area contributed by atoms with Crippen LogP contribution in [0.1, 0.15) is 48.9 Å². The third-order valence-electron chi connectivity index (χ3n) is 4.21. The average Bonchev–Trinajstić information content (AvgIpc) is 2.63. The van der Waals surface area contributed by atoms with Crippen molar-refractivity contribution in [2.45, 2.75) is 63.9 Å². The van der Waals surface area contributed by atoms with Gasteiger partial charge in [0.05, 0.1) is 12.8 Å². The van der Waals surface area contributed by atoms with Gasteiger partial charge >= 0.3 is 0 Å². The average molecular weight is 297 g/mol. The van der Waals surface area contributed by atoms with Gasteiger partial charge in [-0.3, -0.25) is 4.98 Å². The van der Waals surface area contributed by atoms with Gasteiger partial charge in [0, 0.05) is 35.3 Å². The van der Waals surface area contributed by atoms with Gasteiger partial charge in [-0.2, -0.15) is 0 Å². The van der Waals surface area contributed by atoms with Crippen molar-refractivity contribution in [3.05, 3.63) is 23.0 Å². The maximum Gasteiger partial charge on any atom is 0.128 e. The van der Waals surface area contributed by atoms with Crippen LogP contribution in [0.2, 0.25) is 0 Å². The number of nitrogens with one attached hydrogen (secondary N) is 1. The molecule has 2 unspecified atom stereocenters. The van der Waals surface area contributed by atoms with Crippen LogP contribution < -0.4 is 10.1 Å². The standard InChI is InChI=1S/C16H25ClN2O/c1-11-9-18-15(12(2)16(11)20-3)10-19-14-8-6-4-5-7-13(14)17/h9,13-14,19H,4-8,10H2,1-3H3. The van der Waals surface area contributed by atoms with E-state index in [9.17, 15) is 0 Å². The molecule has 1 saturated carbocycles. The summed E-state index contributed by atoms with van der Waals surface area (Å²) in [6, 6.07) is 0.396. The second-order valence-electron chi connectivity index (χ2n) is 5.69. The fourth-order valence-electron chi connectivity index (χ4n) is 2.97. The quantitative estimate of drug-likeness (QED) is 0.679. The predicted molar refractivity (Wildman–Crippen MR) is 83.6 cm³/mol. The second-order valence-corrected chi connectivity index (χ2v) is 6.25. The third kappa shape index (κ3) is 3.64. The van der Waals surface area contributed by atoms with Gasteiger partial charge in [0.2, 0.25) is 0 Å². The number of aryl methyl sites for hydroxylation is 1. The molecule has 3 nitrogen and oxygen atoms in total. The van der Waals surface area contributed by atoms with E-state index in [2.05, 4.69) is 17.2 Å². The topological polar surface area (TPSA) is 34.1 Å². The molecule has 112 valence electrons. The van der Waals surface area contributed by atoms with Gasteiger partial charge in [0.1, 0.15) is 5.75 Å². The van der Waals surface area contributed by atoms with Crippen LogP contribution in [0.25, 0.3) is 0 Å². The smallest absolute Gasteiger partial charge is 0.128 e. The lowest BCUT2D eigenvalue weighted by molar-refractivity contribution is 0.405. The van der Waals surface area contributed by atoms with Crippen molar-refractivity contribution in [1.29, 1.82) is 0 Å². The van der Waals surface area contributed by atoms with Crippen LogP contribution >= 0.6 is 11.6 Å². The van der Waals surface area contributed by atoms with Crippen molar-refractivity contribution in [1.82, 2.24) is 10.3 Å². The van der Waals surface area contributed by atoms with Crippen LogP contribution in [0.4, 0.5) is 0 Å². The van der Waals surface area contributed by atoms with Crippen molar-refractivity contribution in [2.75, 3.05) is 7.11 Å². The molecule has 20 heavy (non-hydrogen) atoms. The second kappa shape index (κ2) is 7.28. The molecule has 0 spiro atoms. The Balaban J connectivity index is 2.03. The molecule has 1 aromatic rings. The van der Waals surface area contributed by atoms with E-state index >= 15 is 0 Å². The lowest BCUT2D eigenvalue weighted by Crippen LogP contribution is -2.36. The van der Waals surface area contributed by atoms with Gasteiger partial charge in [0.15, 0.2) is 0 Å². The molecule has 4 heteroatoms. The maximum absolute atomic E-state index is 6.47. The zero-order chi connectivity index (χ0) is 14.5. The summed E-state index contributed by atoms with van der Waals surface area (Å²) in [6.45, 7) is 4.85. The molecule has 1 N–H and O–H groups in total. The Morgan fingerprint density at radius 3 is 2.80 bits per heavy atom. The summed E-state index contributed by atoms with van der Waals surface area (Å²) in [7, 11) is 1.71. The fourth-order valence-corrected chi connectivity index (χ4v) is 3.34. The van der Waals surface area contributed by atoms with E-state index in [0.717, 1.165) is 42.0 Å². The normalized spacial score (nSPS) is 23.4. The Kier molecular flexibility index (Phi) is 5.67. The maximum atomic E-state index is 6.47. The molecule has 2 atom stereocenters. The number of pyridine rings is 1. The Hall–Kier alpha value is -0.800. The Morgan fingerprint density at radius 2 is 2.05 bits per heavy atom. The van der Waals surface area contributed by atoms with Crippen molar-refractivity contribution in [3.8, 4) is 5.75 Å². The first-order valence-corrected chi connectivity index (χ1v) is 7.93. The Labute approximate surface area is 127 Å². The molecule has 1 heterocycles. The highest BCUT2D eigenvalue weighted by molar-refractivity contribution is 6.21. The van der Waals surface area contributed by atoms with Crippen LogP contribution in [0.5, 0.6) is 5.75 Å². The molecule has 0 saturated heterocycles. The minimum atomic E-state index is 0.241. The summed E-state index contributed by atoms with van der Waals surface area (Å²) in [5, 5.41) is 3.83. The van der Waals surface area contributed by atoms with Gasteiger partial charge in [-0.05, 0) is 26.7 Å². The van der Waals surface area contributed by atoms with Gasteiger partial charge in [-0.1, -0.05) is 19.3 Å². The largest absolute Gasteiger partial charge is 0.496 e. The zero-order valence-corrected chi connectivity index (χ0v) is 13.5. The number of hydrogen-bond acceptors (Lipinski definition) is 3. The summed E-state index contributed by atoms with van der Waals surface area (Å²) < 4.78 is 5.46. The van der Waals surface area contributed by atoms with Crippen LogP contribution in [0, 0.1) is 13.8 Å². The molecular formula is C16H25ClN2O. The van der Waals surface area contributed by atoms with Gasteiger partial charge in [0.25, 0.3) is 0 Å². The first-order valence-electron chi connectivity index (χ1n) is 7.50. The highest BCUT2D eigenvalue weighted by atomic mass is 35.5. The van der Waals surface area contributed by atoms with Crippen LogP contribution in [-0.2, 0) is 6.54 Å². The van der Waals surface area contributed by atoms with Crippen molar-refractivity contribution in [2.24, 2.45) is 0 Å². The molecule has 1 fully saturated rings. The number of alkyl halides is 1. The number of ether oxygens (including phenoxy) is 1. The molecule has 0 bridgehead atoms. The zero-order valence-electron chi connectivity index (χ0n) is 12.7. The SMILES string of the molecule is COc1c(C)cnc(CNC2CCCCCC2Cl)c1C. The molecule has 1 aliphatic rings. The van der Waals surface area contributed by atoms with Gasteiger partial charge in [-0.25, -0.2) is 0 Å². The molecule has 0 amide bonds. The lowest BCUT2D eigenvalue weighted by atomic mass is 10.1. The van der Waals surface area contributed by atoms with Crippen molar-refractivity contribution < 1.29 is 4.74 Å². The summed E-state index contributed by atoms with van der Waals surface area (Å²) in [6.07, 6.45) is 7.98. The highest BCUT2D eigenvalue weighted by Gasteiger charge is 2.21. The Bertz CT molecular complexity index is 450. The van der Waals surface area contributed by atoms with Gasteiger partial charge in [-0.15, -0.1) is 11.6 Å². The summed E-state index contributed by atoms with van der Waals surface area (Å²) in [5.74, 6) is 0.945. The predicted octanol–water partition coefficient (Wildman–Crippen LogP) is 3.74. The summed E-state index contributed by atoms with van der Waals surface area (Å²) >= 11 is 6.47. The van der Waals surface area contributed by atoms with E-state index in [1.807, 2.05) is 13.1 Å². The Morgan fingerprint density at radius 1 is 1.30 bits per heavy atom. The van der Waals surface area contributed by atoms with Crippen LogP contribution in [0.15, 0.2) is 6.20 Å². The molecule has 0 radical (unpaired) electrons. The third-order valence-corrected chi connectivity index (χ3v) is 4.74. The van der Waals surface area contributed by atoms with E-state index < -0.39 is 0 Å². The number of nitrogens with zero attached hydrogens (tertiary/aromatic N) is 1. The molecule has 1 aliphatic carbocycles. The first kappa shape index (κ1) is 15.6. The van der Waals surface area contributed by atoms with Crippen LogP contribution in [-0.4, -0.2) is 23.5 Å². The number of hydrogen-bond donors (Lipinski definition) is 1. The monoisotopic (exact) mass is 296 g/mol. The van der Waals surface area contributed by atoms with E-state index in [1.54, 1.807) is 7.11 Å². The van der Waals surface area contributed by atoms with Crippen molar-refractivity contribution >= 4 is 11.6 Å². The summed E-state index contributed by atoms with van der Waals surface area (Å²) in [4.78, 5) is 4.53. The minimum Gasteiger partial charge on any atom is -0.496 e. The minimum absolute atomic E-state index is 0.241. The number of aromatic nitrogens is 1. The molecule has 2 rings (SSSR count). The van der Waals surface area contributed by atoms with Gasteiger partial charge < -0.3 is 10.1 Å². The van der Waals surface area contributed by atoms with Crippen molar-refractivity contribution in [3.63, 3.8) is 0 Å². The summed E-state index contributed by atoms with van der Waals surface area (Å²) in [5.41, 5.74) is 3.26. The highest BCUT2D eigenvalue weighted by Crippen LogP contribution is 2.25. The van der Waals surface area contributed by atoms with E-state index in [4.69, 9.17) is 16.3 Å². The number of halogens is 1.